The molecule has 1 heterocycles. The first kappa shape index (κ1) is 18.1. The third kappa shape index (κ3) is 3.49. The van der Waals surface area contributed by atoms with Gasteiger partial charge in [-0.05, 0) is 38.6 Å². The van der Waals surface area contributed by atoms with Gasteiger partial charge in [-0.3, -0.25) is 4.79 Å². The molecule has 1 atom stereocenters. The molecule has 1 aliphatic rings. The molecule has 0 aliphatic carbocycles. The van der Waals surface area contributed by atoms with Crippen LogP contribution in [0.15, 0.2) is 23.1 Å². The van der Waals surface area contributed by atoms with E-state index >= 15 is 0 Å². The number of carbonyl (C=O) groups is 2. The second kappa shape index (κ2) is 6.36. The largest absolute Gasteiger partial charge is 0.481 e. The molecule has 8 nitrogen and oxygen atoms in total. The number of carboxylic acids is 1. The number of hydrogen-bond acceptors (Lipinski definition) is 4. The van der Waals surface area contributed by atoms with E-state index in [1.54, 1.807) is 6.92 Å². The third-order valence-corrected chi connectivity index (χ3v) is 5.45. The Morgan fingerprint density at radius 1 is 1.38 bits per heavy atom. The Balaban J connectivity index is 2.16. The smallest absolute Gasteiger partial charge is 0.321 e. The monoisotopic (exact) mass is 359 g/mol. The van der Waals surface area contributed by atoms with Gasteiger partial charge in [-0.15, -0.1) is 0 Å². The quantitative estimate of drug-likeness (QED) is 0.743. The summed E-state index contributed by atoms with van der Waals surface area (Å²) in [6.07, 6.45) is 0.318. The number of benzene rings is 1. The number of aliphatic carboxylic acids is 1. The van der Waals surface area contributed by atoms with E-state index in [-0.39, 0.29) is 18.8 Å². The minimum Gasteiger partial charge on any atom is -0.481 e. The second-order valence-corrected chi connectivity index (χ2v) is 7.68. The highest BCUT2D eigenvalue weighted by molar-refractivity contribution is 7.89. The maximum Gasteiger partial charge on any atom is 0.321 e. The Kier molecular flexibility index (Phi) is 4.81. The normalized spacial score (nSPS) is 20.9. The Labute approximate surface area is 138 Å². The van der Waals surface area contributed by atoms with Gasteiger partial charge in [-0.1, -0.05) is 0 Å². The summed E-state index contributed by atoms with van der Waals surface area (Å²) in [6.45, 7) is 1.85. The Hall–Kier alpha value is -2.20. The molecule has 0 bridgehead atoms. The summed E-state index contributed by atoms with van der Waals surface area (Å²) in [5, 5.41) is 11.6. The first-order chi connectivity index (χ1) is 11.1. The van der Waals surface area contributed by atoms with Gasteiger partial charge in [0.25, 0.3) is 0 Å². The fourth-order valence-corrected chi connectivity index (χ4v) is 3.24. The lowest BCUT2D eigenvalue weighted by atomic mass is 9.90. The van der Waals surface area contributed by atoms with E-state index < -0.39 is 38.2 Å². The summed E-state index contributed by atoms with van der Waals surface area (Å²) in [7, 11) is -2.85. The molecule has 10 heteroatoms. The maximum absolute atomic E-state index is 13.7. The number of halogens is 1. The van der Waals surface area contributed by atoms with Gasteiger partial charge in [0.1, 0.15) is 10.7 Å². The van der Waals surface area contributed by atoms with Crippen LogP contribution in [0.25, 0.3) is 0 Å². The molecule has 1 aromatic carbocycles. The zero-order valence-electron chi connectivity index (χ0n) is 13.2. The standard InChI is InChI=1S/C14H18FN3O5S/c1-14(12(19)20)5-6-18(8-14)13(21)17-9-3-4-10(15)11(7-9)24(22,23)16-2/h3-4,7,16H,5-6,8H2,1-2H3,(H,17,21)(H,19,20). The van der Waals surface area contributed by atoms with E-state index in [0.29, 0.717) is 6.42 Å². The van der Waals surface area contributed by atoms with E-state index in [9.17, 15) is 27.5 Å². The van der Waals surface area contributed by atoms with Crippen LogP contribution in [0.2, 0.25) is 0 Å². The lowest BCUT2D eigenvalue weighted by Gasteiger charge is -2.20. The van der Waals surface area contributed by atoms with Crippen molar-refractivity contribution in [3.8, 4) is 0 Å². The molecule has 0 saturated carbocycles. The number of rotatable bonds is 4. The minimum atomic E-state index is -4.00. The topological polar surface area (TPSA) is 116 Å². The summed E-state index contributed by atoms with van der Waals surface area (Å²) in [6, 6.07) is 2.60. The molecule has 2 rings (SSSR count). The molecule has 132 valence electrons. The van der Waals surface area contributed by atoms with Crippen LogP contribution in [-0.4, -0.2) is 50.6 Å². The maximum atomic E-state index is 13.7. The Bertz CT molecular complexity index is 783. The number of carboxylic acid groups (broad SMARTS) is 1. The zero-order valence-corrected chi connectivity index (χ0v) is 14.0. The average Bonchev–Trinajstić information content (AvgIpc) is 2.93. The first-order valence-corrected chi connectivity index (χ1v) is 8.60. The van der Waals surface area contributed by atoms with Gasteiger partial charge in [0.2, 0.25) is 10.0 Å². The fourth-order valence-electron chi connectivity index (χ4n) is 2.41. The van der Waals surface area contributed by atoms with Crippen molar-refractivity contribution < 1.29 is 27.5 Å². The first-order valence-electron chi connectivity index (χ1n) is 7.11. The van der Waals surface area contributed by atoms with Gasteiger partial charge < -0.3 is 15.3 Å². The molecular weight excluding hydrogens is 341 g/mol. The van der Waals surface area contributed by atoms with Crippen molar-refractivity contribution in [3.63, 3.8) is 0 Å². The molecule has 2 amide bonds. The Morgan fingerprint density at radius 3 is 2.58 bits per heavy atom. The number of nitrogens with one attached hydrogen (secondary N) is 2. The average molecular weight is 359 g/mol. The predicted molar refractivity (Wildman–Crippen MR) is 83.6 cm³/mol. The summed E-state index contributed by atoms with van der Waals surface area (Å²) >= 11 is 0. The predicted octanol–water partition coefficient (Wildman–Crippen LogP) is 1.06. The number of sulfonamides is 1. The van der Waals surface area contributed by atoms with Crippen LogP contribution in [-0.2, 0) is 14.8 Å². The van der Waals surface area contributed by atoms with E-state index in [0.717, 1.165) is 19.2 Å². The summed E-state index contributed by atoms with van der Waals surface area (Å²) in [4.78, 5) is 24.1. The molecule has 1 fully saturated rings. The van der Waals surface area contributed by atoms with Crippen molar-refractivity contribution in [2.45, 2.75) is 18.2 Å². The van der Waals surface area contributed by atoms with E-state index in [1.807, 2.05) is 4.72 Å². The van der Waals surface area contributed by atoms with Crippen LogP contribution < -0.4 is 10.0 Å². The van der Waals surface area contributed by atoms with Crippen LogP contribution >= 0.6 is 0 Å². The van der Waals surface area contributed by atoms with Crippen molar-refractivity contribution in [2.24, 2.45) is 5.41 Å². The molecule has 1 aromatic rings. The van der Waals surface area contributed by atoms with Gasteiger partial charge in [0.15, 0.2) is 0 Å². The van der Waals surface area contributed by atoms with Crippen LogP contribution in [0.3, 0.4) is 0 Å². The third-order valence-electron chi connectivity index (χ3n) is 4.02. The molecule has 0 radical (unpaired) electrons. The van der Waals surface area contributed by atoms with E-state index in [2.05, 4.69) is 5.32 Å². The summed E-state index contributed by atoms with van der Waals surface area (Å²) < 4.78 is 39.1. The number of anilines is 1. The Morgan fingerprint density at radius 2 is 2.04 bits per heavy atom. The number of likely N-dealkylation sites (tertiary alicyclic amines) is 1. The van der Waals surface area contributed by atoms with Crippen molar-refractivity contribution in [1.29, 1.82) is 0 Å². The molecular formula is C14H18FN3O5S. The van der Waals surface area contributed by atoms with Crippen LogP contribution in [0, 0.1) is 11.2 Å². The molecule has 1 aliphatic heterocycles. The molecule has 0 spiro atoms. The van der Waals surface area contributed by atoms with Crippen LogP contribution in [0.5, 0.6) is 0 Å². The lowest BCUT2D eigenvalue weighted by molar-refractivity contribution is -0.146. The van der Waals surface area contributed by atoms with Crippen LogP contribution in [0.1, 0.15) is 13.3 Å². The number of urea groups is 1. The summed E-state index contributed by atoms with van der Waals surface area (Å²) in [5.74, 6) is -1.93. The fraction of sp³-hybridized carbons (Fsp3) is 0.429. The van der Waals surface area contributed by atoms with E-state index in [4.69, 9.17) is 0 Å². The molecule has 3 N–H and O–H groups in total. The SMILES string of the molecule is CNS(=O)(=O)c1cc(NC(=O)N2CCC(C)(C(=O)O)C2)ccc1F. The number of carbonyl (C=O) groups excluding carboxylic acids is 1. The van der Waals surface area contributed by atoms with Crippen LogP contribution in [0.4, 0.5) is 14.9 Å². The van der Waals surface area contributed by atoms with Gasteiger partial charge >= 0.3 is 12.0 Å². The minimum absolute atomic E-state index is 0.0387. The number of hydrogen-bond donors (Lipinski definition) is 3. The molecule has 1 saturated heterocycles. The highest BCUT2D eigenvalue weighted by Crippen LogP contribution is 2.30. The molecule has 0 aromatic heterocycles. The van der Waals surface area contributed by atoms with Crippen molar-refractivity contribution in [1.82, 2.24) is 9.62 Å². The molecule has 24 heavy (non-hydrogen) atoms. The highest BCUT2D eigenvalue weighted by atomic mass is 32.2. The van der Waals surface area contributed by atoms with Gasteiger partial charge in [-0.25, -0.2) is 22.3 Å². The van der Waals surface area contributed by atoms with Gasteiger partial charge in [0, 0.05) is 18.8 Å². The van der Waals surface area contributed by atoms with Crippen molar-refractivity contribution in [2.75, 3.05) is 25.5 Å². The zero-order chi connectivity index (χ0) is 18.1. The highest BCUT2D eigenvalue weighted by Gasteiger charge is 2.42. The lowest BCUT2D eigenvalue weighted by Crippen LogP contribution is -2.37. The van der Waals surface area contributed by atoms with Gasteiger partial charge in [0.05, 0.1) is 5.41 Å². The van der Waals surface area contributed by atoms with Gasteiger partial charge in [-0.2, -0.15) is 0 Å². The molecule has 1 unspecified atom stereocenters. The number of amides is 2. The van der Waals surface area contributed by atoms with E-state index in [1.165, 1.54) is 11.0 Å². The van der Waals surface area contributed by atoms with Crippen molar-refractivity contribution in [3.05, 3.63) is 24.0 Å². The second-order valence-electron chi connectivity index (χ2n) is 5.82. The van der Waals surface area contributed by atoms with Crippen molar-refractivity contribution >= 4 is 27.7 Å². The summed E-state index contributed by atoms with van der Waals surface area (Å²) in [5.41, 5.74) is -0.917. The number of nitrogens with zero attached hydrogens (tertiary/aromatic N) is 1.